The van der Waals surface area contributed by atoms with Gasteiger partial charge >= 0.3 is 0 Å². The van der Waals surface area contributed by atoms with Crippen LogP contribution in [0.5, 0.6) is 0 Å². The van der Waals surface area contributed by atoms with Gasteiger partial charge in [0.1, 0.15) is 5.69 Å². The first kappa shape index (κ1) is 12.8. The van der Waals surface area contributed by atoms with Crippen LogP contribution in [0, 0.1) is 0 Å². The number of hydrogen-bond acceptors (Lipinski definition) is 4. The molecule has 0 aliphatic heterocycles. The van der Waals surface area contributed by atoms with E-state index < -0.39 is 10.0 Å². The van der Waals surface area contributed by atoms with E-state index in [1.807, 2.05) is 37.3 Å². The summed E-state index contributed by atoms with van der Waals surface area (Å²) < 4.78 is 24.8. The minimum absolute atomic E-state index is 0.0983. The van der Waals surface area contributed by atoms with Gasteiger partial charge in [-0.2, -0.15) is 0 Å². The molecule has 1 heterocycles. The lowest BCUT2D eigenvalue weighted by Crippen LogP contribution is -2.17. The second-order valence-corrected chi connectivity index (χ2v) is 5.96. The van der Waals surface area contributed by atoms with E-state index in [1.165, 1.54) is 6.20 Å². The molecule has 0 amide bonds. The number of rotatable bonds is 5. The maximum atomic E-state index is 11.9. The molecule has 0 bridgehead atoms. The molecular weight excluding hydrogens is 250 g/mol. The Balaban J connectivity index is 2.26. The van der Waals surface area contributed by atoms with Gasteiger partial charge in [0.15, 0.2) is 0 Å². The van der Waals surface area contributed by atoms with E-state index in [0.29, 0.717) is 12.1 Å². The van der Waals surface area contributed by atoms with Crippen molar-refractivity contribution in [3.05, 3.63) is 36.5 Å². The van der Waals surface area contributed by atoms with Gasteiger partial charge in [-0.1, -0.05) is 48.9 Å². The largest absolute Gasteiger partial charge is 0.255 e. The van der Waals surface area contributed by atoms with Gasteiger partial charge in [0, 0.05) is 5.56 Å². The number of nitrogens with zero attached hydrogens (tertiary/aromatic N) is 3. The summed E-state index contributed by atoms with van der Waals surface area (Å²) in [4.78, 5) is 0. The Morgan fingerprint density at radius 1 is 1.22 bits per heavy atom. The zero-order valence-electron chi connectivity index (χ0n) is 10.2. The Morgan fingerprint density at radius 3 is 2.61 bits per heavy atom. The summed E-state index contributed by atoms with van der Waals surface area (Å²) in [6, 6.07) is 9.38. The van der Waals surface area contributed by atoms with E-state index in [2.05, 4.69) is 10.3 Å². The summed E-state index contributed by atoms with van der Waals surface area (Å²) in [5.41, 5.74) is 1.42. The summed E-state index contributed by atoms with van der Waals surface area (Å²) in [5, 5.41) is 7.59. The van der Waals surface area contributed by atoms with Gasteiger partial charge in [0.2, 0.25) is 0 Å². The van der Waals surface area contributed by atoms with Crippen LogP contribution in [0.3, 0.4) is 0 Å². The van der Waals surface area contributed by atoms with E-state index in [4.69, 9.17) is 0 Å². The quantitative estimate of drug-likeness (QED) is 0.828. The van der Waals surface area contributed by atoms with Crippen molar-refractivity contribution in [3.63, 3.8) is 0 Å². The van der Waals surface area contributed by atoms with Crippen molar-refractivity contribution in [1.29, 1.82) is 0 Å². The molecule has 0 atom stereocenters. The zero-order valence-corrected chi connectivity index (χ0v) is 11.0. The van der Waals surface area contributed by atoms with Crippen molar-refractivity contribution < 1.29 is 8.42 Å². The highest BCUT2D eigenvalue weighted by Gasteiger charge is 2.15. The highest BCUT2D eigenvalue weighted by atomic mass is 32.2. The Morgan fingerprint density at radius 2 is 1.94 bits per heavy atom. The fourth-order valence-corrected chi connectivity index (χ4v) is 2.79. The summed E-state index contributed by atoms with van der Waals surface area (Å²) in [5.74, 6) is 0.0983. The molecule has 0 saturated heterocycles. The molecular formula is C12H15N3O2S. The number of hydrogen-bond donors (Lipinski definition) is 0. The molecule has 2 aromatic rings. The van der Waals surface area contributed by atoms with E-state index in [-0.39, 0.29) is 5.75 Å². The monoisotopic (exact) mass is 265 g/mol. The van der Waals surface area contributed by atoms with Gasteiger partial charge in [0.05, 0.1) is 11.9 Å². The molecule has 6 heteroatoms. The molecule has 0 fully saturated rings. The van der Waals surface area contributed by atoms with E-state index in [1.54, 1.807) is 0 Å². The molecule has 0 aliphatic carbocycles. The van der Waals surface area contributed by atoms with Crippen LogP contribution in [0.2, 0.25) is 0 Å². The Bertz CT molecular complexity index is 605. The Hall–Kier alpha value is -1.69. The average molecular weight is 265 g/mol. The maximum absolute atomic E-state index is 11.9. The number of benzene rings is 1. The topological polar surface area (TPSA) is 64.8 Å². The van der Waals surface area contributed by atoms with Gasteiger partial charge in [-0.3, -0.25) is 0 Å². The average Bonchev–Trinajstić information content (AvgIpc) is 2.88. The highest BCUT2D eigenvalue weighted by molar-refractivity contribution is 7.89. The minimum Gasteiger partial charge on any atom is -0.205 e. The molecule has 0 N–H and O–H groups in total. The minimum atomic E-state index is -3.37. The van der Waals surface area contributed by atoms with E-state index in [9.17, 15) is 8.42 Å². The van der Waals surface area contributed by atoms with Crippen molar-refractivity contribution in [2.45, 2.75) is 19.8 Å². The predicted octanol–water partition coefficient (Wildman–Crippen LogP) is 1.92. The number of unbranched alkanes of at least 4 members (excludes halogenated alkanes) is 1. The molecule has 96 valence electrons. The molecule has 18 heavy (non-hydrogen) atoms. The maximum Gasteiger partial charge on any atom is 0.255 e. The fraction of sp³-hybridized carbons (Fsp3) is 0.333. The third-order valence-corrected chi connectivity index (χ3v) is 4.14. The van der Waals surface area contributed by atoms with Gasteiger partial charge in [-0.05, 0) is 6.42 Å². The molecule has 2 rings (SSSR count). The van der Waals surface area contributed by atoms with Crippen molar-refractivity contribution in [2.24, 2.45) is 0 Å². The lowest BCUT2D eigenvalue weighted by Gasteiger charge is -2.00. The molecule has 1 aromatic carbocycles. The van der Waals surface area contributed by atoms with Gasteiger partial charge < -0.3 is 0 Å². The lowest BCUT2D eigenvalue weighted by molar-refractivity contribution is 0.574. The van der Waals surface area contributed by atoms with Crippen molar-refractivity contribution >= 4 is 10.0 Å². The zero-order chi connectivity index (χ0) is 13.0. The van der Waals surface area contributed by atoms with Crippen LogP contribution in [0.15, 0.2) is 36.5 Å². The third-order valence-electron chi connectivity index (χ3n) is 2.58. The first-order valence-corrected chi connectivity index (χ1v) is 7.45. The lowest BCUT2D eigenvalue weighted by atomic mass is 10.2. The number of aromatic nitrogens is 3. The van der Waals surface area contributed by atoms with Crippen LogP contribution in [-0.4, -0.2) is 28.6 Å². The van der Waals surface area contributed by atoms with E-state index in [0.717, 1.165) is 16.1 Å². The van der Waals surface area contributed by atoms with Crippen LogP contribution in [0.25, 0.3) is 11.3 Å². The highest BCUT2D eigenvalue weighted by Crippen LogP contribution is 2.15. The van der Waals surface area contributed by atoms with E-state index >= 15 is 0 Å². The summed E-state index contributed by atoms with van der Waals surface area (Å²) >= 11 is 0. The van der Waals surface area contributed by atoms with Crippen LogP contribution in [-0.2, 0) is 10.0 Å². The van der Waals surface area contributed by atoms with Gasteiger partial charge in [0.25, 0.3) is 10.0 Å². The SMILES string of the molecule is CCCCS(=O)(=O)n1cc(-c2ccccc2)nn1. The second kappa shape index (κ2) is 5.30. The van der Waals surface area contributed by atoms with Crippen LogP contribution in [0.1, 0.15) is 19.8 Å². The molecule has 0 unspecified atom stereocenters. The Kier molecular flexibility index (Phi) is 3.76. The van der Waals surface area contributed by atoms with Crippen LogP contribution < -0.4 is 0 Å². The molecule has 5 nitrogen and oxygen atoms in total. The Labute approximate surface area is 107 Å². The third kappa shape index (κ3) is 2.76. The van der Waals surface area contributed by atoms with Gasteiger partial charge in [-0.15, -0.1) is 9.19 Å². The first-order valence-electron chi connectivity index (χ1n) is 5.84. The molecule has 0 spiro atoms. The van der Waals surface area contributed by atoms with Crippen molar-refractivity contribution in [2.75, 3.05) is 5.75 Å². The summed E-state index contributed by atoms with van der Waals surface area (Å²) in [6.45, 7) is 1.95. The smallest absolute Gasteiger partial charge is 0.205 e. The molecule has 0 aliphatic rings. The summed E-state index contributed by atoms with van der Waals surface area (Å²) in [6.07, 6.45) is 2.92. The van der Waals surface area contributed by atoms with Gasteiger partial charge in [-0.25, -0.2) is 8.42 Å². The standard InChI is InChI=1S/C12H15N3O2S/c1-2-3-9-18(16,17)15-10-12(13-14-15)11-7-5-4-6-8-11/h4-8,10H,2-3,9H2,1H3. The normalized spacial score (nSPS) is 11.6. The molecule has 0 radical (unpaired) electrons. The molecule has 1 aromatic heterocycles. The predicted molar refractivity (Wildman–Crippen MR) is 69.6 cm³/mol. The fourth-order valence-electron chi connectivity index (χ4n) is 1.55. The second-order valence-electron chi connectivity index (χ2n) is 4.01. The van der Waals surface area contributed by atoms with Crippen LogP contribution in [0.4, 0.5) is 0 Å². The van der Waals surface area contributed by atoms with Crippen molar-refractivity contribution in [1.82, 2.24) is 14.4 Å². The summed E-state index contributed by atoms with van der Waals surface area (Å²) in [7, 11) is -3.37. The van der Waals surface area contributed by atoms with Crippen molar-refractivity contribution in [3.8, 4) is 11.3 Å². The molecule has 0 saturated carbocycles. The first-order chi connectivity index (χ1) is 8.63. The van der Waals surface area contributed by atoms with Crippen LogP contribution >= 0.6 is 0 Å².